The molecule has 0 unspecified atom stereocenters. The van der Waals surface area contributed by atoms with Crippen LogP contribution in [0.15, 0.2) is 12.1 Å². The van der Waals surface area contributed by atoms with Crippen LogP contribution < -0.4 is 4.90 Å². The maximum Gasteiger partial charge on any atom is 0.147 e. The number of nitrogens with zero attached hydrogens (tertiary/aromatic N) is 3. The molecule has 1 aliphatic rings. The summed E-state index contributed by atoms with van der Waals surface area (Å²) in [5.74, 6) is 0.881. The van der Waals surface area contributed by atoms with Crippen LogP contribution in [-0.2, 0) is 0 Å². The average molecular weight is 243 g/mol. The molecule has 0 aliphatic heterocycles. The van der Waals surface area contributed by atoms with Gasteiger partial charge in [-0.25, -0.2) is 4.98 Å². The van der Waals surface area contributed by atoms with E-state index in [0.29, 0.717) is 11.6 Å². The lowest BCUT2D eigenvalue weighted by Crippen LogP contribution is -2.37. The van der Waals surface area contributed by atoms with Gasteiger partial charge in [0.15, 0.2) is 0 Å². The van der Waals surface area contributed by atoms with E-state index in [2.05, 4.69) is 22.9 Å². The number of hydrogen-bond donors (Lipinski definition) is 0. The highest BCUT2D eigenvalue weighted by Crippen LogP contribution is 2.28. The Labute approximate surface area is 109 Å². The Hall–Kier alpha value is -1.56. The van der Waals surface area contributed by atoms with Crippen molar-refractivity contribution >= 4 is 5.82 Å². The first-order valence-corrected chi connectivity index (χ1v) is 6.90. The van der Waals surface area contributed by atoms with Gasteiger partial charge in [0.25, 0.3) is 0 Å². The van der Waals surface area contributed by atoms with Gasteiger partial charge in [0.2, 0.25) is 0 Å². The first kappa shape index (κ1) is 12.9. The summed E-state index contributed by atoms with van der Waals surface area (Å²) in [5, 5.41) is 9.24. The van der Waals surface area contributed by atoms with Crippen LogP contribution in [0.3, 0.4) is 0 Å². The Morgan fingerprint density at radius 2 is 2.06 bits per heavy atom. The minimum absolute atomic E-state index is 0.560. The molecule has 0 spiro atoms. The van der Waals surface area contributed by atoms with Crippen molar-refractivity contribution in [2.75, 3.05) is 11.4 Å². The predicted molar refractivity (Wildman–Crippen MR) is 73.6 cm³/mol. The largest absolute Gasteiger partial charge is 0.353 e. The Morgan fingerprint density at radius 1 is 1.33 bits per heavy atom. The zero-order valence-electron chi connectivity index (χ0n) is 11.3. The highest BCUT2D eigenvalue weighted by Gasteiger charge is 2.23. The van der Waals surface area contributed by atoms with Gasteiger partial charge in [-0.3, -0.25) is 0 Å². The van der Waals surface area contributed by atoms with Gasteiger partial charge < -0.3 is 4.90 Å². The zero-order valence-corrected chi connectivity index (χ0v) is 11.3. The molecule has 0 aromatic carbocycles. The topological polar surface area (TPSA) is 39.9 Å². The Morgan fingerprint density at radius 3 is 2.67 bits per heavy atom. The first-order valence-electron chi connectivity index (χ1n) is 6.90. The van der Waals surface area contributed by atoms with Crippen molar-refractivity contribution in [1.29, 1.82) is 5.26 Å². The number of hydrogen-bond acceptors (Lipinski definition) is 3. The molecule has 1 fully saturated rings. The number of nitriles is 1. The second-order valence-corrected chi connectivity index (χ2v) is 5.01. The second-order valence-electron chi connectivity index (χ2n) is 5.01. The number of anilines is 1. The standard InChI is InChI=1S/C15H21N3/c1-3-18(14-7-5-4-6-8-14)15-13(11-16)10-9-12(2)17-15/h9-10,14H,3-8H2,1-2H3. The lowest BCUT2D eigenvalue weighted by molar-refractivity contribution is 0.416. The maximum atomic E-state index is 9.24. The fourth-order valence-electron chi connectivity index (χ4n) is 2.82. The van der Waals surface area contributed by atoms with E-state index in [-0.39, 0.29) is 0 Å². The molecule has 0 N–H and O–H groups in total. The van der Waals surface area contributed by atoms with Gasteiger partial charge in [0, 0.05) is 18.3 Å². The van der Waals surface area contributed by atoms with E-state index in [4.69, 9.17) is 0 Å². The van der Waals surface area contributed by atoms with Gasteiger partial charge in [-0.2, -0.15) is 5.26 Å². The summed E-state index contributed by atoms with van der Waals surface area (Å²) in [6, 6.07) is 6.64. The molecule has 1 aromatic rings. The fourth-order valence-corrected chi connectivity index (χ4v) is 2.82. The van der Waals surface area contributed by atoms with Crippen LogP contribution in [0, 0.1) is 18.3 Å². The molecule has 3 heteroatoms. The molecule has 3 nitrogen and oxygen atoms in total. The third-order valence-electron chi connectivity index (χ3n) is 3.76. The number of pyridine rings is 1. The van der Waals surface area contributed by atoms with Crippen LogP contribution in [0.5, 0.6) is 0 Å². The smallest absolute Gasteiger partial charge is 0.147 e. The third kappa shape index (κ3) is 2.64. The lowest BCUT2D eigenvalue weighted by atomic mass is 9.94. The molecule has 0 saturated heterocycles. The minimum Gasteiger partial charge on any atom is -0.353 e. The Kier molecular flexibility index (Phi) is 4.19. The van der Waals surface area contributed by atoms with Crippen LogP contribution in [0.4, 0.5) is 5.82 Å². The number of rotatable bonds is 3. The molecule has 0 radical (unpaired) electrons. The molecular weight excluding hydrogens is 222 g/mol. The Balaban J connectivity index is 2.31. The van der Waals surface area contributed by atoms with Crippen LogP contribution in [-0.4, -0.2) is 17.6 Å². The van der Waals surface area contributed by atoms with E-state index >= 15 is 0 Å². The highest BCUT2D eigenvalue weighted by molar-refractivity contribution is 5.55. The van der Waals surface area contributed by atoms with Gasteiger partial charge in [0.05, 0.1) is 5.56 Å². The molecule has 1 aliphatic carbocycles. The molecule has 2 rings (SSSR count). The third-order valence-corrected chi connectivity index (χ3v) is 3.76. The highest BCUT2D eigenvalue weighted by atomic mass is 15.2. The van der Waals surface area contributed by atoms with Crippen molar-refractivity contribution in [3.8, 4) is 6.07 Å². The molecule has 1 aromatic heterocycles. The number of aryl methyl sites for hydroxylation is 1. The predicted octanol–water partition coefficient (Wildman–Crippen LogP) is 3.42. The van der Waals surface area contributed by atoms with Crippen molar-refractivity contribution < 1.29 is 0 Å². The summed E-state index contributed by atoms with van der Waals surface area (Å²) in [7, 11) is 0. The van der Waals surface area contributed by atoms with E-state index in [1.165, 1.54) is 32.1 Å². The molecule has 0 atom stereocenters. The summed E-state index contributed by atoms with van der Waals surface area (Å²) in [5.41, 5.74) is 1.69. The van der Waals surface area contributed by atoms with Gasteiger partial charge in [-0.15, -0.1) is 0 Å². The quantitative estimate of drug-likeness (QED) is 0.816. The monoisotopic (exact) mass is 243 g/mol. The molecule has 18 heavy (non-hydrogen) atoms. The fraction of sp³-hybridized carbons (Fsp3) is 0.600. The Bertz CT molecular complexity index is 442. The van der Waals surface area contributed by atoms with Crippen molar-refractivity contribution in [3.63, 3.8) is 0 Å². The van der Waals surface area contributed by atoms with Gasteiger partial charge in [-0.05, 0) is 38.8 Å². The summed E-state index contributed by atoms with van der Waals surface area (Å²) in [4.78, 5) is 6.92. The summed E-state index contributed by atoms with van der Waals surface area (Å²) in [6.45, 7) is 5.06. The SMILES string of the molecule is CCN(c1nc(C)ccc1C#N)C1CCCCC1. The van der Waals surface area contributed by atoms with Crippen LogP contribution in [0.2, 0.25) is 0 Å². The summed E-state index contributed by atoms with van der Waals surface area (Å²) >= 11 is 0. The maximum absolute atomic E-state index is 9.24. The normalized spacial score (nSPS) is 16.3. The van der Waals surface area contributed by atoms with E-state index in [1.54, 1.807) is 0 Å². The van der Waals surface area contributed by atoms with E-state index in [9.17, 15) is 5.26 Å². The average Bonchev–Trinajstić information content (AvgIpc) is 2.41. The number of aromatic nitrogens is 1. The van der Waals surface area contributed by atoms with Gasteiger partial charge >= 0.3 is 0 Å². The van der Waals surface area contributed by atoms with Crippen molar-refractivity contribution in [2.45, 2.75) is 52.0 Å². The van der Waals surface area contributed by atoms with E-state index < -0.39 is 0 Å². The summed E-state index contributed by atoms with van der Waals surface area (Å²) < 4.78 is 0. The summed E-state index contributed by atoms with van der Waals surface area (Å²) in [6.07, 6.45) is 6.41. The van der Waals surface area contributed by atoms with E-state index in [1.807, 2.05) is 19.1 Å². The molecule has 1 saturated carbocycles. The van der Waals surface area contributed by atoms with Gasteiger partial charge in [-0.1, -0.05) is 19.3 Å². The van der Waals surface area contributed by atoms with Crippen molar-refractivity contribution in [2.24, 2.45) is 0 Å². The molecule has 0 amide bonds. The lowest BCUT2D eigenvalue weighted by Gasteiger charge is -2.35. The van der Waals surface area contributed by atoms with Crippen LogP contribution >= 0.6 is 0 Å². The second kappa shape index (κ2) is 5.86. The zero-order chi connectivity index (χ0) is 13.0. The molecular formula is C15H21N3. The van der Waals surface area contributed by atoms with Crippen LogP contribution in [0.25, 0.3) is 0 Å². The van der Waals surface area contributed by atoms with E-state index in [0.717, 1.165) is 18.1 Å². The van der Waals surface area contributed by atoms with Crippen molar-refractivity contribution in [1.82, 2.24) is 4.98 Å². The molecule has 96 valence electrons. The van der Waals surface area contributed by atoms with Crippen LogP contribution in [0.1, 0.15) is 50.3 Å². The molecule has 1 heterocycles. The minimum atomic E-state index is 0.560. The van der Waals surface area contributed by atoms with Gasteiger partial charge in [0.1, 0.15) is 11.9 Å². The molecule has 0 bridgehead atoms. The van der Waals surface area contributed by atoms with Crippen molar-refractivity contribution in [3.05, 3.63) is 23.4 Å². The first-order chi connectivity index (χ1) is 8.76.